The van der Waals surface area contributed by atoms with Crippen molar-refractivity contribution in [2.24, 2.45) is 0 Å². The number of anilines is 1. The number of hydrogen-bond donors (Lipinski definition) is 1. The Morgan fingerprint density at radius 1 is 1.53 bits per heavy atom. The van der Waals surface area contributed by atoms with E-state index in [0.717, 1.165) is 17.6 Å². The lowest BCUT2D eigenvalue weighted by Gasteiger charge is -2.49. The van der Waals surface area contributed by atoms with Crippen LogP contribution in [-0.4, -0.2) is 24.7 Å². The molecule has 1 aromatic carbocycles. The number of nitrogens with one attached hydrogen (secondary N) is 1. The second-order valence-corrected chi connectivity index (χ2v) is 6.64. The number of benzene rings is 1. The summed E-state index contributed by atoms with van der Waals surface area (Å²) in [5, 5.41) is 12.5. The summed E-state index contributed by atoms with van der Waals surface area (Å²) in [7, 11) is 0. The third-order valence-corrected chi connectivity index (χ3v) is 4.28. The molecule has 0 radical (unpaired) electrons. The molecule has 2 rings (SSSR count). The zero-order valence-electron chi connectivity index (χ0n) is 11.7. The summed E-state index contributed by atoms with van der Waals surface area (Å²) in [4.78, 5) is 2.39. The molecule has 1 saturated heterocycles. The highest BCUT2D eigenvalue weighted by Gasteiger charge is 2.37. The molecule has 0 amide bonds. The lowest BCUT2D eigenvalue weighted by Crippen LogP contribution is -2.63. The molecule has 1 aliphatic rings. The van der Waals surface area contributed by atoms with Gasteiger partial charge in [-0.2, -0.15) is 5.26 Å². The van der Waals surface area contributed by atoms with Gasteiger partial charge in [0, 0.05) is 23.1 Å². The Morgan fingerprint density at radius 2 is 2.26 bits per heavy atom. The fourth-order valence-electron chi connectivity index (χ4n) is 2.81. The average molecular weight is 322 g/mol. The molecule has 0 aromatic heterocycles. The van der Waals surface area contributed by atoms with Crippen LogP contribution in [0.4, 0.5) is 5.69 Å². The van der Waals surface area contributed by atoms with Crippen LogP contribution in [0.2, 0.25) is 0 Å². The third kappa shape index (κ3) is 2.93. The minimum atomic E-state index is -0.00244. The van der Waals surface area contributed by atoms with Crippen molar-refractivity contribution < 1.29 is 0 Å². The molecule has 1 aromatic rings. The first-order chi connectivity index (χ1) is 8.95. The maximum atomic E-state index is 9.05. The minimum absolute atomic E-state index is 0.00244. The molecule has 19 heavy (non-hydrogen) atoms. The van der Waals surface area contributed by atoms with Crippen LogP contribution in [0.15, 0.2) is 22.7 Å². The SMILES string of the molecule is Cc1ccc(N2C(CC#N)CNCC2(C)C)c(Br)c1. The van der Waals surface area contributed by atoms with Crippen molar-refractivity contribution in [3.8, 4) is 6.07 Å². The molecule has 1 heterocycles. The van der Waals surface area contributed by atoms with Crippen LogP contribution in [0.5, 0.6) is 0 Å². The molecule has 102 valence electrons. The fraction of sp³-hybridized carbons (Fsp3) is 0.533. The highest BCUT2D eigenvalue weighted by Crippen LogP contribution is 2.35. The van der Waals surface area contributed by atoms with E-state index in [4.69, 9.17) is 5.26 Å². The van der Waals surface area contributed by atoms with Gasteiger partial charge in [0.1, 0.15) is 0 Å². The van der Waals surface area contributed by atoms with Crippen LogP contribution in [0.25, 0.3) is 0 Å². The zero-order valence-corrected chi connectivity index (χ0v) is 13.3. The summed E-state index contributed by atoms with van der Waals surface area (Å²) in [6.07, 6.45) is 0.538. The molecule has 0 saturated carbocycles. The maximum Gasteiger partial charge on any atom is 0.0643 e. The molecule has 1 N–H and O–H groups in total. The van der Waals surface area contributed by atoms with Crippen molar-refractivity contribution in [2.45, 2.75) is 38.8 Å². The zero-order chi connectivity index (χ0) is 14.0. The van der Waals surface area contributed by atoms with E-state index in [0.29, 0.717) is 6.42 Å². The van der Waals surface area contributed by atoms with Gasteiger partial charge in [0.15, 0.2) is 0 Å². The lowest BCUT2D eigenvalue weighted by molar-refractivity contribution is 0.324. The monoisotopic (exact) mass is 321 g/mol. The Labute approximate surface area is 123 Å². The van der Waals surface area contributed by atoms with Gasteiger partial charge in [-0.15, -0.1) is 0 Å². The van der Waals surface area contributed by atoms with Crippen molar-refractivity contribution in [3.63, 3.8) is 0 Å². The second kappa shape index (κ2) is 5.52. The van der Waals surface area contributed by atoms with Crippen LogP contribution in [-0.2, 0) is 0 Å². The van der Waals surface area contributed by atoms with E-state index in [1.165, 1.54) is 11.3 Å². The van der Waals surface area contributed by atoms with Crippen LogP contribution < -0.4 is 10.2 Å². The topological polar surface area (TPSA) is 39.1 Å². The standard InChI is InChI=1S/C15H20BrN3/c1-11-4-5-14(13(16)8-11)19-12(6-7-17)9-18-10-15(19,2)3/h4-5,8,12,18H,6,9-10H2,1-3H3. The molecule has 1 aliphatic heterocycles. The van der Waals surface area contributed by atoms with Gasteiger partial charge in [-0.3, -0.25) is 0 Å². The van der Waals surface area contributed by atoms with E-state index in [1.807, 2.05) is 0 Å². The van der Waals surface area contributed by atoms with E-state index >= 15 is 0 Å². The first kappa shape index (κ1) is 14.4. The smallest absolute Gasteiger partial charge is 0.0643 e. The Kier molecular flexibility index (Phi) is 4.17. The molecular formula is C15H20BrN3. The van der Waals surface area contributed by atoms with Gasteiger partial charge in [0.05, 0.1) is 24.2 Å². The number of aryl methyl sites for hydroxylation is 1. The Morgan fingerprint density at radius 3 is 2.89 bits per heavy atom. The Balaban J connectivity index is 2.43. The molecule has 4 heteroatoms. The van der Waals surface area contributed by atoms with Crippen molar-refractivity contribution in [2.75, 3.05) is 18.0 Å². The van der Waals surface area contributed by atoms with Crippen molar-refractivity contribution >= 4 is 21.6 Å². The molecule has 3 nitrogen and oxygen atoms in total. The summed E-state index contributed by atoms with van der Waals surface area (Å²) in [6, 6.07) is 8.94. The highest BCUT2D eigenvalue weighted by atomic mass is 79.9. The number of nitriles is 1. The van der Waals surface area contributed by atoms with Gasteiger partial charge >= 0.3 is 0 Å². The maximum absolute atomic E-state index is 9.05. The summed E-state index contributed by atoms with van der Waals surface area (Å²) < 4.78 is 1.10. The first-order valence-electron chi connectivity index (χ1n) is 6.59. The predicted molar refractivity (Wildman–Crippen MR) is 82.3 cm³/mol. The average Bonchev–Trinajstić information content (AvgIpc) is 2.31. The van der Waals surface area contributed by atoms with Crippen molar-refractivity contribution in [1.29, 1.82) is 5.26 Å². The van der Waals surface area contributed by atoms with E-state index in [1.54, 1.807) is 0 Å². The summed E-state index contributed by atoms with van der Waals surface area (Å²) in [6.45, 7) is 8.31. The number of nitrogens with zero attached hydrogens (tertiary/aromatic N) is 2. The normalized spacial score (nSPS) is 22.1. The van der Waals surface area contributed by atoms with E-state index < -0.39 is 0 Å². The van der Waals surface area contributed by atoms with Gasteiger partial charge in [0.2, 0.25) is 0 Å². The Bertz CT molecular complexity index is 505. The van der Waals surface area contributed by atoms with Crippen LogP contribution in [0.1, 0.15) is 25.8 Å². The van der Waals surface area contributed by atoms with Gasteiger partial charge in [0.25, 0.3) is 0 Å². The largest absolute Gasteiger partial charge is 0.359 e. The number of piperazine rings is 1. The van der Waals surface area contributed by atoms with Crippen LogP contribution in [0.3, 0.4) is 0 Å². The molecule has 0 bridgehead atoms. The first-order valence-corrected chi connectivity index (χ1v) is 7.38. The van der Waals surface area contributed by atoms with Gasteiger partial charge in [-0.25, -0.2) is 0 Å². The molecule has 0 aliphatic carbocycles. The van der Waals surface area contributed by atoms with E-state index in [-0.39, 0.29) is 11.6 Å². The molecule has 1 atom stereocenters. The summed E-state index contributed by atoms with van der Waals surface area (Å²) >= 11 is 3.67. The number of hydrogen-bond acceptors (Lipinski definition) is 3. The predicted octanol–water partition coefficient (Wildman–Crippen LogP) is 3.23. The second-order valence-electron chi connectivity index (χ2n) is 5.78. The molecular weight excluding hydrogens is 302 g/mol. The summed E-state index contributed by atoms with van der Waals surface area (Å²) in [5.74, 6) is 0. The van der Waals surface area contributed by atoms with Crippen LogP contribution in [0, 0.1) is 18.3 Å². The van der Waals surface area contributed by atoms with E-state index in [9.17, 15) is 0 Å². The molecule has 1 unspecified atom stereocenters. The van der Waals surface area contributed by atoms with Gasteiger partial charge in [-0.1, -0.05) is 6.07 Å². The Hall–Kier alpha value is -1.05. The number of halogens is 1. The van der Waals surface area contributed by atoms with E-state index in [2.05, 4.69) is 71.2 Å². The lowest BCUT2D eigenvalue weighted by atomic mass is 9.93. The minimum Gasteiger partial charge on any atom is -0.359 e. The third-order valence-electron chi connectivity index (χ3n) is 3.64. The van der Waals surface area contributed by atoms with Gasteiger partial charge in [-0.05, 0) is 54.4 Å². The van der Waals surface area contributed by atoms with Crippen molar-refractivity contribution in [1.82, 2.24) is 5.32 Å². The van der Waals surface area contributed by atoms with Crippen molar-refractivity contribution in [3.05, 3.63) is 28.2 Å². The molecule has 0 spiro atoms. The summed E-state index contributed by atoms with van der Waals surface area (Å²) in [5.41, 5.74) is 2.41. The van der Waals surface area contributed by atoms with Crippen LogP contribution >= 0.6 is 15.9 Å². The quantitative estimate of drug-likeness (QED) is 0.909. The molecule has 1 fully saturated rings. The number of rotatable bonds is 2. The highest BCUT2D eigenvalue weighted by molar-refractivity contribution is 9.10. The van der Waals surface area contributed by atoms with Gasteiger partial charge < -0.3 is 10.2 Å². The fourth-order valence-corrected chi connectivity index (χ4v) is 3.50.